The van der Waals surface area contributed by atoms with Crippen molar-refractivity contribution in [2.45, 2.75) is 65.2 Å². The number of ether oxygens (including phenoxy) is 1. The minimum atomic E-state index is -0.180. The molecule has 0 aliphatic carbocycles. The van der Waals surface area contributed by atoms with Gasteiger partial charge in [0.05, 0.1) is 6.57 Å². The summed E-state index contributed by atoms with van der Waals surface area (Å²) in [5, 5.41) is 2.23. The summed E-state index contributed by atoms with van der Waals surface area (Å²) in [6.45, 7) is 23.6. The quantitative estimate of drug-likeness (QED) is 0.135. The molecule has 3 heterocycles. The summed E-state index contributed by atoms with van der Waals surface area (Å²) in [7, 11) is 0. The number of benzene rings is 6. The van der Waals surface area contributed by atoms with Gasteiger partial charge in [0.1, 0.15) is 5.82 Å². The van der Waals surface area contributed by atoms with E-state index in [9.17, 15) is 0 Å². The van der Waals surface area contributed by atoms with Crippen LogP contribution in [-0.2, 0) is 31.9 Å². The average Bonchev–Trinajstić information content (AvgIpc) is 3.82. The Hall–Kier alpha value is -6.15. The normalized spacial score (nSPS) is 12.7. The molecule has 1 aliphatic heterocycles. The largest absolute Gasteiger partial charge is 0.509 e. The van der Waals surface area contributed by atoms with E-state index in [-0.39, 0.29) is 31.9 Å². The summed E-state index contributed by atoms with van der Waals surface area (Å²) in [5.41, 5.74) is 10.6. The maximum atomic E-state index is 8.05. The molecule has 0 unspecified atom stereocenters. The van der Waals surface area contributed by atoms with Crippen LogP contribution in [0.1, 0.15) is 65.5 Å². The standard InChI is InChI=1S/C53H46N5O.Pt/c1-8-53(6,9-2)37-27-28-55-51(31-37)58-47-20-14-13-19-44(47)45-26-24-41(34-50(45)58)59-42-30-38(52(3,4)5)29-40(32-42)57-35-56(48-21-15-16-22-49(48)57)39-23-25-43(46(33-39)54-7)36-17-11-10-12-18-36;/h10-31,33,35H,8-9H2,1-6H3;/q-3;. The summed E-state index contributed by atoms with van der Waals surface area (Å²) in [6, 6.07) is 53.1. The Bertz CT molecular complexity index is 2900. The third kappa shape index (κ3) is 7.26. The van der Waals surface area contributed by atoms with E-state index in [0.717, 1.165) is 79.9 Å². The van der Waals surface area contributed by atoms with E-state index in [1.165, 1.54) is 5.56 Å². The number of nitrogens with zero attached hydrogens (tertiary/aromatic N) is 5. The van der Waals surface area contributed by atoms with Gasteiger partial charge in [-0.2, -0.15) is 6.07 Å². The minimum absolute atomic E-state index is 0. The van der Waals surface area contributed by atoms with Crippen molar-refractivity contribution in [3.05, 3.63) is 181 Å². The predicted molar refractivity (Wildman–Crippen MR) is 243 cm³/mol. The van der Waals surface area contributed by atoms with E-state index >= 15 is 0 Å². The molecule has 0 atom stereocenters. The van der Waals surface area contributed by atoms with Crippen molar-refractivity contribution in [3.63, 3.8) is 0 Å². The first-order valence-corrected chi connectivity index (χ1v) is 20.4. The van der Waals surface area contributed by atoms with Crippen LogP contribution in [-0.4, -0.2) is 9.55 Å². The molecule has 0 fully saturated rings. The molecular weight excluding hydrogens is 918 g/mol. The molecule has 0 saturated carbocycles. The number of pyridine rings is 1. The van der Waals surface area contributed by atoms with Crippen molar-refractivity contribution in [2.24, 2.45) is 0 Å². The van der Waals surface area contributed by atoms with E-state index < -0.39 is 0 Å². The number of rotatable bonds is 9. The van der Waals surface area contributed by atoms with Crippen molar-refractivity contribution in [1.82, 2.24) is 9.55 Å². The molecule has 7 heteroatoms. The molecule has 302 valence electrons. The first-order chi connectivity index (χ1) is 28.6. The van der Waals surface area contributed by atoms with Crippen LogP contribution in [0.25, 0.3) is 43.6 Å². The van der Waals surface area contributed by atoms with Gasteiger partial charge in [-0.3, -0.25) is 0 Å². The zero-order valence-electron chi connectivity index (χ0n) is 34.7. The minimum Gasteiger partial charge on any atom is -0.509 e. The van der Waals surface area contributed by atoms with Gasteiger partial charge in [-0.1, -0.05) is 114 Å². The van der Waals surface area contributed by atoms with Crippen molar-refractivity contribution < 1.29 is 25.8 Å². The second-order valence-corrected chi connectivity index (χ2v) is 16.6. The van der Waals surface area contributed by atoms with Gasteiger partial charge < -0.3 is 19.1 Å². The van der Waals surface area contributed by atoms with E-state index in [4.69, 9.17) is 16.3 Å². The van der Waals surface area contributed by atoms with Crippen LogP contribution in [0, 0.1) is 25.4 Å². The smallest absolute Gasteiger partial charge is 0.196 e. The molecule has 9 rings (SSSR count). The first kappa shape index (κ1) is 40.6. The summed E-state index contributed by atoms with van der Waals surface area (Å²) in [5.74, 6) is 2.06. The Morgan fingerprint density at radius 3 is 2.15 bits per heavy atom. The Balaban J connectivity index is 0.00000499. The molecule has 1 aliphatic rings. The Morgan fingerprint density at radius 2 is 1.42 bits per heavy atom. The average molecular weight is 964 g/mol. The van der Waals surface area contributed by atoms with Crippen molar-refractivity contribution in [3.8, 4) is 28.4 Å². The summed E-state index contributed by atoms with van der Waals surface area (Å²) < 4.78 is 8.99. The van der Waals surface area contributed by atoms with E-state index in [2.05, 4.69) is 158 Å². The second kappa shape index (κ2) is 16.1. The van der Waals surface area contributed by atoms with Crippen molar-refractivity contribution in [2.75, 3.05) is 9.80 Å². The fourth-order valence-electron chi connectivity index (χ4n) is 8.14. The molecule has 0 amide bonds. The molecule has 0 spiro atoms. The van der Waals surface area contributed by atoms with Gasteiger partial charge in [0, 0.05) is 61.3 Å². The SMILES string of the molecule is [C-]#[N+]c1cc(N2[CH-]N(c3[c-]c(Oc4[c-]c5c(cc4)c4ccccc4n5-c4cc(C(C)(CC)CC)ccn4)cc(C(C)(C)C)c3)c3ccccc32)ccc1-c1ccccc1.[Pt]. The van der Waals surface area contributed by atoms with E-state index in [1.807, 2.05) is 60.8 Å². The first-order valence-electron chi connectivity index (χ1n) is 20.4. The fraction of sp³-hybridized carbons (Fsp3) is 0.189. The molecule has 0 N–H and O–H groups in total. The Labute approximate surface area is 368 Å². The number of para-hydroxylation sites is 3. The third-order valence-electron chi connectivity index (χ3n) is 12.1. The van der Waals surface area contributed by atoms with Gasteiger partial charge in [0.15, 0.2) is 5.69 Å². The monoisotopic (exact) mass is 963 g/mol. The van der Waals surface area contributed by atoms with Crippen molar-refractivity contribution in [1.29, 1.82) is 0 Å². The van der Waals surface area contributed by atoms with Crippen LogP contribution >= 0.6 is 0 Å². The molecule has 60 heavy (non-hydrogen) atoms. The van der Waals surface area contributed by atoms with Gasteiger partial charge in [0.25, 0.3) is 0 Å². The number of hydrogen-bond acceptors (Lipinski definition) is 4. The molecule has 0 radical (unpaired) electrons. The van der Waals surface area contributed by atoms with Crippen LogP contribution in [0.4, 0.5) is 28.4 Å². The molecule has 0 saturated heterocycles. The Kier molecular flexibility index (Phi) is 10.9. The van der Waals surface area contributed by atoms with Gasteiger partial charge in [-0.15, -0.1) is 53.6 Å². The van der Waals surface area contributed by atoms with Crippen LogP contribution in [0.15, 0.2) is 140 Å². The van der Waals surface area contributed by atoms with E-state index in [1.54, 1.807) is 0 Å². The van der Waals surface area contributed by atoms with Crippen LogP contribution in [0.5, 0.6) is 11.5 Å². The zero-order valence-corrected chi connectivity index (χ0v) is 37.0. The summed E-state index contributed by atoms with van der Waals surface area (Å²) >= 11 is 0. The van der Waals surface area contributed by atoms with Crippen LogP contribution < -0.4 is 14.5 Å². The second-order valence-electron chi connectivity index (χ2n) is 16.6. The molecule has 8 aromatic rings. The molecular formula is C53H46N5OPt-3. The predicted octanol–water partition coefficient (Wildman–Crippen LogP) is 14.6. The van der Waals surface area contributed by atoms with Gasteiger partial charge in [-0.05, 0) is 88.2 Å². The number of aromatic nitrogens is 2. The van der Waals surface area contributed by atoms with Crippen LogP contribution in [0.3, 0.4) is 0 Å². The number of fused-ring (bicyclic) bond motifs is 4. The fourth-order valence-corrected chi connectivity index (χ4v) is 8.14. The Morgan fingerprint density at radius 1 is 0.700 bits per heavy atom. The maximum absolute atomic E-state index is 8.05. The number of anilines is 4. The van der Waals surface area contributed by atoms with Crippen LogP contribution in [0.2, 0.25) is 0 Å². The zero-order chi connectivity index (χ0) is 40.9. The van der Waals surface area contributed by atoms with Gasteiger partial charge in [-0.25, -0.2) is 9.83 Å². The van der Waals surface area contributed by atoms with Gasteiger partial charge >= 0.3 is 0 Å². The van der Waals surface area contributed by atoms with E-state index in [0.29, 0.717) is 17.2 Å². The molecule has 6 aromatic carbocycles. The molecule has 0 bridgehead atoms. The van der Waals surface area contributed by atoms with Gasteiger partial charge in [0.2, 0.25) is 0 Å². The summed E-state index contributed by atoms with van der Waals surface area (Å²) in [4.78, 5) is 13.2. The molecule has 2 aromatic heterocycles. The number of hydrogen-bond donors (Lipinski definition) is 0. The molecule has 6 nitrogen and oxygen atoms in total. The summed E-state index contributed by atoms with van der Waals surface area (Å²) in [6.07, 6.45) is 4.02. The topological polar surface area (TPSA) is 37.9 Å². The third-order valence-corrected chi connectivity index (χ3v) is 12.1. The van der Waals surface area contributed by atoms with Crippen molar-refractivity contribution >= 4 is 50.2 Å². The maximum Gasteiger partial charge on any atom is 0.196 e.